The fourth-order valence-corrected chi connectivity index (χ4v) is 3.86. The lowest BCUT2D eigenvalue weighted by molar-refractivity contribution is -0.141. The minimum absolute atomic E-state index is 0.00571. The van der Waals surface area contributed by atoms with Crippen molar-refractivity contribution in [2.45, 2.75) is 129 Å². The fourth-order valence-electron chi connectivity index (χ4n) is 3.86. The van der Waals surface area contributed by atoms with E-state index in [1.54, 1.807) is 0 Å². The molecule has 1 amide bonds. The summed E-state index contributed by atoms with van der Waals surface area (Å²) in [5, 5.41) is 2.82. The number of carbonyl (C=O) groups excluding carboxylic acids is 2. The van der Waals surface area contributed by atoms with E-state index in [-0.39, 0.29) is 18.0 Å². The van der Waals surface area contributed by atoms with Gasteiger partial charge in [-0.1, -0.05) is 58.1 Å². The molecule has 0 aromatic rings. The van der Waals surface area contributed by atoms with Gasteiger partial charge in [0.2, 0.25) is 5.91 Å². The van der Waals surface area contributed by atoms with Gasteiger partial charge in [-0.05, 0) is 58.3 Å². The second-order valence-electron chi connectivity index (χ2n) is 8.87. The minimum atomic E-state index is -0.00571. The molecule has 5 nitrogen and oxygen atoms in total. The maximum absolute atomic E-state index is 11.0. The summed E-state index contributed by atoms with van der Waals surface area (Å²) in [7, 11) is 0. The summed E-state index contributed by atoms with van der Waals surface area (Å²) in [4.78, 5) is 26.3. The summed E-state index contributed by atoms with van der Waals surface area (Å²) in [5.74, 6) is 0.0935. The van der Waals surface area contributed by atoms with Crippen molar-refractivity contribution >= 4 is 17.6 Å². The molecule has 1 N–H and O–H groups in total. The van der Waals surface area contributed by atoms with Crippen LogP contribution in [0.2, 0.25) is 0 Å². The van der Waals surface area contributed by atoms with Gasteiger partial charge in [-0.2, -0.15) is 0 Å². The molecule has 5 heteroatoms. The van der Waals surface area contributed by atoms with Gasteiger partial charge in [0.25, 0.3) is 0 Å². The zero-order chi connectivity index (χ0) is 22.7. The zero-order valence-corrected chi connectivity index (χ0v) is 20.3. The Morgan fingerprint density at radius 3 is 2.32 bits per heavy atom. The van der Waals surface area contributed by atoms with Gasteiger partial charge in [0.1, 0.15) is 6.10 Å². The first-order valence-corrected chi connectivity index (χ1v) is 12.7. The molecule has 0 spiro atoms. The number of hydrogen-bond acceptors (Lipinski definition) is 4. The number of hydrogen-bond donors (Lipinski definition) is 1. The van der Waals surface area contributed by atoms with Gasteiger partial charge in [0.05, 0.1) is 12.5 Å². The van der Waals surface area contributed by atoms with E-state index in [0.29, 0.717) is 25.4 Å². The minimum Gasteiger partial charge on any atom is -0.462 e. The van der Waals surface area contributed by atoms with Crippen molar-refractivity contribution in [3.8, 4) is 0 Å². The van der Waals surface area contributed by atoms with E-state index >= 15 is 0 Å². The van der Waals surface area contributed by atoms with Crippen molar-refractivity contribution in [2.75, 3.05) is 6.54 Å². The van der Waals surface area contributed by atoms with Crippen molar-refractivity contribution in [2.24, 2.45) is 4.99 Å². The van der Waals surface area contributed by atoms with Gasteiger partial charge in [0, 0.05) is 18.7 Å². The lowest BCUT2D eigenvalue weighted by Gasteiger charge is -2.07. The summed E-state index contributed by atoms with van der Waals surface area (Å²) in [6, 6.07) is 0.293. The van der Waals surface area contributed by atoms with Crippen LogP contribution < -0.4 is 5.32 Å². The number of carbonyl (C=O) groups is 2. The van der Waals surface area contributed by atoms with Crippen LogP contribution in [0.25, 0.3) is 0 Å². The number of cyclic esters (lactones) is 1. The molecule has 0 saturated carbocycles. The summed E-state index contributed by atoms with van der Waals surface area (Å²) in [5.41, 5.74) is 0.951. The number of aliphatic imine (C=N–C) groups is 1. The second kappa shape index (κ2) is 18.0. The molecule has 31 heavy (non-hydrogen) atoms. The highest BCUT2D eigenvalue weighted by Crippen LogP contribution is 2.19. The van der Waals surface area contributed by atoms with E-state index < -0.39 is 0 Å². The SMILES string of the molecule is CCC1CNC(=O)CC(C)=N1.CCCCCCCCC=CCCCCC1CCC(=O)O1. The van der Waals surface area contributed by atoms with Crippen LogP contribution in [0.1, 0.15) is 117 Å². The normalized spacial score (nSPS) is 21.2. The number of nitrogens with zero attached hydrogens (tertiary/aromatic N) is 1. The largest absolute Gasteiger partial charge is 0.462 e. The third-order valence-corrected chi connectivity index (χ3v) is 5.83. The van der Waals surface area contributed by atoms with Crippen LogP contribution in [0.15, 0.2) is 17.1 Å². The van der Waals surface area contributed by atoms with Gasteiger partial charge in [-0.15, -0.1) is 0 Å². The molecule has 0 bridgehead atoms. The van der Waals surface area contributed by atoms with E-state index in [1.807, 2.05) is 6.92 Å². The van der Waals surface area contributed by atoms with Crippen LogP contribution in [0.4, 0.5) is 0 Å². The van der Waals surface area contributed by atoms with Crippen LogP contribution in [0.3, 0.4) is 0 Å². The van der Waals surface area contributed by atoms with Crippen LogP contribution in [-0.4, -0.2) is 36.3 Å². The number of allylic oxidation sites excluding steroid dienone is 2. The van der Waals surface area contributed by atoms with Crippen molar-refractivity contribution in [3.05, 3.63) is 12.2 Å². The Bertz CT molecular complexity index is 557. The molecule has 2 aliphatic rings. The van der Waals surface area contributed by atoms with E-state index in [4.69, 9.17) is 4.74 Å². The number of unbranched alkanes of at least 4 members (excludes halogenated alkanes) is 8. The van der Waals surface area contributed by atoms with Gasteiger partial charge >= 0.3 is 5.97 Å². The van der Waals surface area contributed by atoms with E-state index in [1.165, 1.54) is 64.2 Å². The number of ether oxygens (including phenoxy) is 1. The van der Waals surface area contributed by atoms with E-state index in [2.05, 4.69) is 36.3 Å². The highest BCUT2D eigenvalue weighted by Gasteiger charge is 2.22. The Morgan fingerprint density at radius 1 is 1.00 bits per heavy atom. The zero-order valence-electron chi connectivity index (χ0n) is 20.3. The summed E-state index contributed by atoms with van der Waals surface area (Å²) in [6.07, 6.45) is 22.1. The first kappa shape index (κ1) is 27.4. The third-order valence-electron chi connectivity index (χ3n) is 5.83. The highest BCUT2D eigenvalue weighted by molar-refractivity contribution is 6.00. The smallest absolute Gasteiger partial charge is 0.306 e. The second-order valence-corrected chi connectivity index (χ2v) is 8.87. The molecule has 178 valence electrons. The molecule has 2 atom stereocenters. The predicted molar refractivity (Wildman–Crippen MR) is 130 cm³/mol. The maximum Gasteiger partial charge on any atom is 0.306 e. The quantitative estimate of drug-likeness (QED) is 0.210. The molecule has 2 aliphatic heterocycles. The van der Waals surface area contributed by atoms with Crippen LogP contribution >= 0.6 is 0 Å². The van der Waals surface area contributed by atoms with Gasteiger partial charge < -0.3 is 10.1 Å². The number of rotatable bonds is 13. The predicted octanol–water partition coefficient (Wildman–Crippen LogP) is 6.31. The average Bonchev–Trinajstić information content (AvgIpc) is 3.09. The lowest BCUT2D eigenvalue weighted by Crippen LogP contribution is -2.28. The maximum atomic E-state index is 11.0. The molecule has 0 aromatic heterocycles. The summed E-state index contributed by atoms with van der Waals surface area (Å²) < 4.78 is 5.20. The number of esters is 1. The van der Waals surface area contributed by atoms with Crippen molar-refractivity contribution in [3.63, 3.8) is 0 Å². The van der Waals surface area contributed by atoms with Crippen molar-refractivity contribution in [1.82, 2.24) is 5.32 Å². The first-order valence-electron chi connectivity index (χ1n) is 12.7. The summed E-state index contributed by atoms with van der Waals surface area (Å²) >= 11 is 0. The molecule has 2 rings (SSSR count). The molecule has 0 radical (unpaired) electrons. The van der Waals surface area contributed by atoms with Crippen LogP contribution in [0.5, 0.6) is 0 Å². The highest BCUT2D eigenvalue weighted by atomic mass is 16.5. The van der Waals surface area contributed by atoms with Crippen molar-refractivity contribution in [1.29, 1.82) is 0 Å². The molecular formula is C26H46N2O3. The van der Waals surface area contributed by atoms with Crippen LogP contribution in [0, 0.1) is 0 Å². The molecule has 1 fully saturated rings. The van der Waals surface area contributed by atoms with Gasteiger partial charge in [-0.25, -0.2) is 0 Å². The first-order chi connectivity index (χ1) is 15.0. The Labute approximate surface area is 190 Å². The molecular weight excluding hydrogens is 388 g/mol. The molecule has 0 aromatic carbocycles. The lowest BCUT2D eigenvalue weighted by atomic mass is 10.1. The Balaban J connectivity index is 0.000000367. The van der Waals surface area contributed by atoms with E-state index in [9.17, 15) is 9.59 Å². The molecule has 2 unspecified atom stereocenters. The Hall–Kier alpha value is -1.65. The van der Waals surface area contributed by atoms with Gasteiger partial charge in [-0.3, -0.25) is 14.6 Å². The number of amides is 1. The Morgan fingerprint density at radius 2 is 1.68 bits per heavy atom. The molecule has 0 aliphatic carbocycles. The Kier molecular flexibility index (Phi) is 15.9. The molecule has 2 heterocycles. The average molecular weight is 435 g/mol. The van der Waals surface area contributed by atoms with Gasteiger partial charge in [0.15, 0.2) is 0 Å². The van der Waals surface area contributed by atoms with E-state index in [0.717, 1.165) is 25.0 Å². The monoisotopic (exact) mass is 434 g/mol. The third kappa shape index (κ3) is 14.9. The topological polar surface area (TPSA) is 67.8 Å². The van der Waals surface area contributed by atoms with Crippen LogP contribution in [-0.2, 0) is 14.3 Å². The fraction of sp³-hybridized carbons (Fsp3) is 0.808. The summed E-state index contributed by atoms with van der Waals surface area (Å²) in [6.45, 7) is 6.96. The number of nitrogens with one attached hydrogen (secondary N) is 1. The van der Waals surface area contributed by atoms with Crippen molar-refractivity contribution < 1.29 is 14.3 Å². The standard InChI is InChI=1S/C18H32O2.C8H14N2O/c1-2-3-4-5-6-7-8-9-10-11-12-13-14-17-15-16-18(19)20-17;1-3-7-5-9-8(11)4-6(2)10-7/h9-10,17H,2-8,11-16H2,1H3;7H,3-5H2,1-2H3,(H,9,11). The molecule has 1 saturated heterocycles.